The van der Waals surface area contributed by atoms with Gasteiger partial charge in [0.1, 0.15) is 17.3 Å². The van der Waals surface area contributed by atoms with E-state index in [0.717, 1.165) is 0 Å². The number of imidazole rings is 1. The smallest absolute Gasteiger partial charge is 0.405 e. The number of hydrogen-bond donors (Lipinski definition) is 1. The lowest BCUT2D eigenvalue weighted by atomic mass is 10.1. The van der Waals surface area contributed by atoms with Crippen molar-refractivity contribution in [3.8, 4) is 17.0 Å². The predicted molar refractivity (Wildman–Crippen MR) is 59.7 cm³/mol. The summed E-state index contributed by atoms with van der Waals surface area (Å²) in [6, 6.07) is 5.73. The van der Waals surface area contributed by atoms with Gasteiger partial charge in [-0.05, 0) is 12.1 Å². The minimum absolute atomic E-state index is 0.202. The van der Waals surface area contributed by atoms with Crippen LogP contribution in [-0.2, 0) is 7.05 Å². The highest BCUT2D eigenvalue weighted by atomic mass is 19.4. The molecule has 0 spiro atoms. The molecular formula is C11H10F3N3O. The van der Waals surface area contributed by atoms with Crippen LogP contribution in [0.5, 0.6) is 5.75 Å². The first kappa shape index (κ1) is 12.3. The average molecular weight is 257 g/mol. The van der Waals surface area contributed by atoms with Crippen LogP contribution < -0.4 is 10.5 Å². The van der Waals surface area contributed by atoms with Gasteiger partial charge in [-0.15, -0.1) is 13.2 Å². The van der Waals surface area contributed by atoms with E-state index in [4.69, 9.17) is 5.73 Å². The van der Waals surface area contributed by atoms with Gasteiger partial charge in [0.25, 0.3) is 0 Å². The third-order valence-electron chi connectivity index (χ3n) is 2.35. The summed E-state index contributed by atoms with van der Waals surface area (Å²) in [5, 5.41) is 0. The molecule has 0 aliphatic heterocycles. The summed E-state index contributed by atoms with van der Waals surface area (Å²) in [6.07, 6.45) is -3.32. The van der Waals surface area contributed by atoms with Crippen molar-refractivity contribution in [1.82, 2.24) is 9.55 Å². The highest BCUT2D eigenvalue weighted by molar-refractivity contribution is 5.75. The Morgan fingerprint density at radius 3 is 2.50 bits per heavy atom. The summed E-state index contributed by atoms with van der Waals surface area (Å²) in [7, 11) is 1.65. The van der Waals surface area contributed by atoms with Crippen molar-refractivity contribution >= 4 is 5.82 Å². The first-order chi connectivity index (χ1) is 8.38. The maximum Gasteiger partial charge on any atom is 0.573 e. The number of aromatic nitrogens is 2. The molecule has 1 heterocycles. The predicted octanol–water partition coefficient (Wildman–Crippen LogP) is 2.57. The molecule has 0 saturated heterocycles. The number of para-hydroxylation sites is 1. The molecule has 2 aromatic rings. The largest absolute Gasteiger partial charge is 0.573 e. The highest BCUT2D eigenvalue weighted by Crippen LogP contribution is 2.35. The van der Waals surface area contributed by atoms with E-state index in [9.17, 15) is 13.2 Å². The molecule has 0 fully saturated rings. The standard InChI is InChI=1S/C11H10F3N3O/c1-17-6-16-9(10(17)15)7-4-2-3-5-8(7)18-11(12,13)14/h2-6H,15H2,1H3. The Morgan fingerprint density at radius 2 is 1.94 bits per heavy atom. The van der Waals surface area contributed by atoms with Crippen LogP contribution in [0.2, 0.25) is 0 Å². The maximum absolute atomic E-state index is 12.3. The van der Waals surface area contributed by atoms with Crippen LogP contribution in [0.1, 0.15) is 0 Å². The molecule has 0 atom stereocenters. The van der Waals surface area contributed by atoms with Gasteiger partial charge in [-0.1, -0.05) is 12.1 Å². The van der Waals surface area contributed by atoms with Crippen LogP contribution >= 0.6 is 0 Å². The zero-order valence-corrected chi connectivity index (χ0v) is 9.40. The number of aryl methyl sites for hydroxylation is 1. The molecule has 2 rings (SSSR count). The Balaban J connectivity index is 2.48. The monoisotopic (exact) mass is 257 g/mol. The molecule has 1 aromatic heterocycles. The lowest BCUT2D eigenvalue weighted by Gasteiger charge is -2.12. The number of rotatable bonds is 2. The number of anilines is 1. The maximum atomic E-state index is 12.3. The molecule has 0 radical (unpaired) electrons. The van der Waals surface area contributed by atoms with Crippen LogP contribution in [0.4, 0.5) is 19.0 Å². The van der Waals surface area contributed by atoms with Crippen LogP contribution in [0.3, 0.4) is 0 Å². The Bertz CT molecular complexity index is 563. The fraction of sp³-hybridized carbons (Fsp3) is 0.182. The van der Waals surface area contributed by atoms with Crippen LogP contribution in [0, 0.1) is 0 Å². The van der Waals surface area contributed by atoms with E-state index in [2.05, 4.69) is 9.72 Å². The van der Waals surface area contributed by atoms with E-state index in [-0.39, 0.29) is 22.8 Å². The van der Waals surface area contributed by atoms with E-state index in [0.29, 0.717) is 0 Å². The quantitative estimate of drug-likeness (QED) is 0.899. The van der Waals surface area contributed by atoms with Gasteiger partial charge in [0.2, 0.25) is 0 Å². The molecule has 2 N–H and O–H groups in total. The van der Waals surface area contributed by atoms with Crippen LogP contribution in [0.15, 0.2) is 30.6 Å². The molecule has 0 amide bonds. The van der Waals surface area contributed by atoms with Crippen molar-refractivity contribution in [2.45, 2.75) is 6.36 Å². The topological polar surface area (TPSA) is 53.1 Å². The van der Waals surface area contributed by atoms with Gasteiger partial charge in [-0.2, -0.15) is 0 Å². The number of nitrogens with two attached hydrogens (primary N) is 1. The summed E-state index contributed by atoms with van der Waals surface area (Å²) < 4.78 is 42.3. The van der Waals surface area contributed by atoms with Gasteiger partial charge in [0, 0.05) is 12.6 Å². The van der Waals surface area contributed by atoms with Gasteiger partial charge >= 0.3 is 6.36 Å². The SMILES string of the molecule is Cn1cnc(-c2ccccc2OC(F)(F)F)c1N. The number of alkyl halides is 3. The molecule has 0 saturated carbocycles. The second-order valence-corrected chi connectivity index (χ2v) is 3.63. The summed E-state index contributed by atoms with van der Waals surface area (Å²) in [5.41, 5.74) is 6.19. The van der Waals surface area contributed by atoms with E-state index in [1.165, 1.54) is 29.1 Å². The number of nitrogen functional groups attached to an aromatic ring is 1. The first-order valence-corrected chi connectivity index (χ1v) is 5.00. The number of ether oxygens (including phenoxy) is 1. The Kier molecular flexibility index (Phi) is 2.90. The molecule has 0 aliphatic rings. The van der Waals surface area contributed by atoms with Crippen molar-refractivity contribution in [3.63, 3.8) is 0 Å². The van der Waals surface area contributed by atoms with E-state index >= 15 is 0 Å². The summed E-state index contributed by atoms with van der Waals surface area (Å²) in [4.78, 5) is 3.97. The molecule has 0 bridgehead atoms. The minimum Gasteiger partial charge on any atom is -0.405 e. The Hall–Kier alpha value is -2.18. The third-order valence-corrected chi connectivity index (χ3v) is 2.35. The first-order valence-electron chi connectivity index (χ1n) is 5.00. The van der Waals surface area contributed by atoms with Crippen molar-refractivity contribution in [3.05, 3.63) is 30.6 Å². The normalized spacial score (nSPS) is 11.6. The Labute approximate surface area is 101 Å². The lowest BCUT2D eigenvalue weighted by Crippen LogP contribution is -2.17. The van der Waals surface area contributed by atoms with E-state index in [1.54, 1.807) is 13.1 Å². The fourth-order valence-electron chi connectivity index (χ4n) is 1.52. The number of benzene rings is 1. The zero-order chi connectivity index (χ0) is 13.3. The summed E-state index contributed by atoms with van der Waals surface area (Å²) in [6.45, 7) is 0. The molecule has 7 heteroatoms. The lowest BCUT2D eigenvalue weighted by molar-refractivity contribution is -0.274. The number of halogens is 3. The summed E-state index contributed by atoms with van der Waals surface area (Å²) in [5.74, 6) is -0.0522. The molecule has 0 aliphatic carbocycles. The summed E-state index contributed by atoms with van der Waals surface area (Å²) >= 11 is 0. The van der Waals surface area contributed by atoms with Crippen LogP contribution in [-0.4, -0.2) is 15.9 Å². The van der Waals surface area contributed by atoms with Gasteiger partial charge in [0.05, 0.1) is 6.33 Å². The van der Waals surface area contributed by atoms with Crippen molar-refractivity contribution in [1.29, 1.82) is 0 Å². The van der Waals surface area contributed by atoms with Gasteiger partial charge in [-0.25, -0.2) is 4.98 Å². The molecule has 18 heavy (non-hydrogen) atoms. The fourth-order valence-corrected chi connectivity index (χ4v) is 1.52. The van der Waals surface area contributed by atoms with Gasteiger partial charge < -0.3 is 15.0 Å². The molecule has 0 unspecified atom stereocenters. The third kappa shape index (κ3) is 2.39. The van der Waals surface area contributed by atoms with Crippen molar-refractivity contribution < 1.29 is 17.9 Å². The molecule has 1 aromatic carbocycles. The molecular weight excluding hydrogens is 247 g/mol. The van der Waals surface area contributed by atoms with Gasteiger partial charge in [0.15, 0.2) is 0 Å². The minimum atomic E-state index is -4.75. The highest BCUT2D eigenvalue weighted by Gasteiger charge is 2.32. The van der Waals surface area contributed by atoms with Crippen LogP contribution in [0.25, 0.3) is 11.3 Å². The van der Waals surface area contributed by atoms with Crippen molar-refractivity contribution in [2.75, 3.05) is 5.73 Å². The number of hydrogen-bond acceptors (Lipinski definition) is 3. The molecule has 4 nitrogen and oxygen atoms in total. The second-order valence-electron chi connectivity index (χ2n) is 3.63. The van der Waals surface area contributed by atoms with Gasteiger partial charge in [-0.3, -0.25) is 0 Å². The van der Waals surface area contributed by atoms with Crippen molar-refractivity contribution in [2.24, 2.45) is 7.05 Å². The van der Waals surface area contributed by atoms with E-state index < -0.39 is 6.36 Å². The Morgan fingerprint density at radius 1 is 1.28 bits per heavy atom. The second kappa shape index (κ2) is 4.25. The van der Waals surface area contributed by atoms with E-state index in [1.807, 2.05) is 0 Å². The zero-order valence-electron chi connectivity index (χ0n) is 9.40. The molecule has 96 valence electrons. The average Bonchev–Trinajstić information content (AvgIpc) is 2.59. The number of nitrogens with zero attached hydrogens (tertiary/aromatic N) is 2.